The third-order valence-electron chi connectivity index (χ3n) is 1.90. The van der Waals surface area contributed by atoms with E-state index in [0.717, 1.165) is 6.42 Å². The zero-order chi connectivity index (χ0) is 9.52. The smallest absolute Gasteiger partial charge is 0.0474 e. The third kappa shape index (κ3) is 3.65. The highest BCUT2D eigenvalue weighted by Crippen LogP contribution is 2.08. The number of allylic oxidation sites excluding steroid dienone is 1. The Labute approximate surface area is 85.2 Å². The molecule has 1 aromatic carbocycles. The second-order valence-electron chi connectivity index (χ2n) is 3.07. The molecule has 0 aliphatic carbocycles. The van der Waals surface area contributed by atoms with Gasteiger partial charge in [-0.15, -0.1) is 11.6 Å². The molecule has 0 spiro atoms. The first kappa shape index (κ1) is 10.3. The number of rotatable bonds is 4. The summed E-state index contributed by atoms with van der Waals surface area (Å²) in [4.78, 5) is 0. The molecule has 0 N–H and O–H groups in total. The van der Waals surface area contributed by atoms with E-state index in [9.17, 15) is 0 Å². The van der Waals surface area contributed by atoms with Gasteiger partial charge in [0.05, 0.1) is 0 Å². The molecule has 0 aromatic heterocycles. The van der Waals surface area contributed by atoms with Crippen molar-refractivity contribution >= 4 is 17.7 Å². The summed E-state index contributed by atoms with van der Waals surface area (Å²) in [6.45, 7) is 2.18. The molecule has 0 saturated heterocycles. The van der Waals surface area contributed by atoms with Gasteiger partial charge in [-0.1, -0.05) is 49.8 Å². The summed E-state index contributed by atoms with van der Waals surface area (Å²) < 4.78 is 0. The first-order valence-electron chi connectivity index (χ1n) is 4.68. The Balaban J connectivity index is 2.58. The summed E-state index contributed by atoms with van der Waals surface area (Å²) in [6, 6.07) is 8.34. The monoisotopic (exact) mass is 194 g/mol. The third-order valence-corrected chi connectivity index (χ3v) is 2.21. The van der Waals surface area contributed by atoms with Gasteiger partial charge < -0.3 is 0 Å². The van der Waals surface area contributed by atoms with Crippen LogP contribution in [0.15, 0.2) is 30.3 Å². The molecule has 0 saturated carbocycles. The summed E-state index contributed by atoms with van der Waals surface area (Å²) in [7, 11) is 0. The van der Waals surface area contributed by atoms with Gasteiger partial charge in [0, 0.05) is 5.88 Å². The van der Waals surface area contributed by atoms with E-state index in [-0.39, 0.29) is 0 Å². The molecule has 0 radical (unpaired) electrons. The molecular formula is C12H15Cl. The van der Waals surface area contributed by atoms with Crippen molar-refractivity contribution < 1.29 is 0 Å². The second kappa shape index (κ2) is 5.82. The molecular weight excluding hydrogens is 180 g/mol. The summed E-state index contributed by atoms with van der Waals surface area (Å²) in [5, 5.41) is 0. The highest BCUT2D eigenvalue weighted by Gasteiger charge is 1.88. The molecule has 0 amide bonds. The van der Waals surface area contributed by atoms with E-state index in [4.69, 9.17) is 11.6 Å². The number of unbranched alkanes of at least 4 members (excludes halogenated alkanes) is 1. The molecule has 70 valence electrons. The zero-order valence-corrected chi connectivity index (χ0v) is 8.72. The predicted molar refractivity (Wildman–Crippen MR) is 59.9 cm³/mol. The van der Waals surface area contributed by atoms with E-state index in [0.29, 0.717) is 5.88 Å². The number of alkyl halides is 1. The van der Waals surface area contributed by atoms with Gasteiger partial charge >= 0.3 is 0 Å². The van der Waals surface area contributed by atoms with Gasteiger partial charge in [-0.05, 0) is 17.5 Å². The van der Waals surface area contributed by atoms with Crippen LogP contribution >= 0.6 is 11.6 Å². The number of benzene rings is 1. The van der Waals surface area contributed by atoms with Gasteiger partial charge in [0.25, 0.3) is 0 Å². The van der Waals surface area contributed by atoms with Crippen molar-refractivity contribution in [2.24, 2.45) is 0 Å². The van der Waals surface area contributed by atoms with E-state index in [1.165, 1.54) is 17.5 Å². The summed E-state index contributed by atoms with van der Waals surface area (Å²) in [5.74, 6) is 0.596. The lowest BCUT2D eigenvalue weighted by molar-refractivity contribution is 0.962. The average Bonchev–Trinajstić information content (AvgIpc) is 2.19. The SMILES string of the molecule is CCCC=Cc1ccc(CCl)cc1. The highest BCUT2D eigenvalue weighted by molar-refractivity contribution is 6.17. The molecule has 0 heterocycles. The normalized spacial score (nSPS) is 10.9. The Morgan fingerprint density at radius 2 is 1.92 bits per heavy atom. The van der Waals surface area contributed by atoms with Crippen LogP contribution in [0.1, 0.15) is 30.9 Å². The van der Waals surface area contributed by atoms with E-state index >= 15 is 0 Å². The number of hydrogen-bond acceptors (Lipinski definition) is 0. The van der Waals surface area contributed by atoms with Crippen LogP contribution in [0.2, 0.25) is 0 Å². The van der Waals surface area contributed by atoms with Crippen molar-refractivity contribution in [1.82, 2.24) is 0 Å². The molecule has 0 nitrogen and oxygen atoms in total. The Morgan fingerprint density at radius 1 is 1.23 bits per heavy atom. The molecule has 0 aliphatic heterocycles. The van der Waals surface area contributed by atoms with Crippen molar-refractivity contribution in [2.75, 3.05) is 0 Å². The fraction of sp³-hybridized carbons (Fsp3) is 0.333. The van der Waals surface area contributed by atoms with Crippen molar-refractivity contribution in [2.45, 2.75) is 25.6 Å². The van der Waals surface area contributed by atoms with Gasteiger partial charge in [-0.3, -0.25) is 0 Å². The summed E-state index contributed by atoms with van der Waals surface area (Å²) >= 11 is 5.69. The highest BCUT2D eigenvalue weighted by atomic mass is 35.5. The first-order chi connectivity index (χ1) is 6.36. The Kier molecular flexibility index (Phi) is 4.63. The maximum atomic E-state index is 5.69. The Bertz CT molecular complexity index is 259. The van der Waals surface area contributed by atoms with Crippen molar-refractivity contribution in [3.05, 3.63) is 41.5 Å². The summed E-state index contributed by atoms with van der Waals surface area (Å²) in [5.41, 5.74) is 2.43. The van der Waals surface area contributed by atoms with Crippen LogP contribution in [0.5, 0.6) is 0 Å². The van der Waals surface area contributed by atoms with Crippen LogP contribution in [-0.4, -0.2) is 0 Å². The quantitative estimate of drug-likeness (QED) is 0.629. The lowest BCUT2D eigenvalue weighted by atomic mass is 10.1. The van der Waals surface area contributed by atoms with Crippen molar-refractivity contribution in [3.8, 4) is 0 Å². The van der Waals surface area contributed by atoms with E-state index in [1.807, 2.05) is 0 Å². The predicted octanol–water partition coefficient (Wildman–Crippen LogP) is 4.24. The standard InChI is InChI=1S/C12H15Cl/c1-2-3-4-5-11-6-8-12(10-13)9-7-11/h4-9H,2-3,10H2,1H3. The number of hydrogen-bond donors (Lipinski definition) is 0. The van der Waals surface area contributed by atoms with Gasteiger partial charge in [0.1, 0.15) is 0 Å². The lowest BCUT2D eigenvalue weighted by Crippen LogP contribution is -1.77. The maximum absolute atomic E-state index is 5.69. The van der Waals surface area contributed by atoms with Gasteiger partial charge in [0.15, 0.2) is 0 Å². The van der Waals surface area contributed by atoms with E-state index in [2.05, 4.69) is 43.3 Å². The van der Waals surface area contributed by atoms with Crippen LogP contribution < -0.4 is 0 Å². The zero-order valence-electron chi connectivity index (χ0n) is 7.96. The van der Waals surface area contributed by atoms with Gasteiger partial charge in [0.2, 0.25) is 0 Å². The minimum atomic E-state index is 0.596. The minimum Gasteiger partial charge on any atom is -0.122 e. The molecule has 1 heteroatoms. The number of halogens is 1. The molecule has 1 aromatic rings. The van der Waals surface area contributed by atoms with E-state index < -0.39 is 0 Å². The van der Waals surface area contributed by atoms with Crippen LogP contribution in [0.3, 0.4) is 0 Å². The van der Waals surface area contributed by atoms with Gasteiger partial charge in [-0.2, -0.15) is 0 Å². The summed E-state index contributed by atoms with van der Waals surface area (Å²) in [6.07, 6.45) is 6.71. The van der Waals surface area contributed by atoms with Crippen molar-refractivity contribution in [3.63, 3.8) is 0 Å². The Morgan fingerprint density at radius 3 is 2.46 bits per heavy atom. The lowest BCUT2D eigenvalue weighted by Gasteiger charge is -1.96. The molecule has 0 atom stereocenters. The molecule has 0 fully saturated rings. The minimum absolute atomic E-state index is 0.596. The fourth-order valence-corrected chi connectivity index (χ4v) is 1.28. The fourth-order valence-electron chi connectivity index (χ4n) is 1.10. The Hall–Kier alpha value is -0.750. The van der Waals surface area contributed by atoms with Gasteiger partial charge in [-0.25, -0.2) is 0 Å². The van der Waals surface area contributed by atoms with Crippen molar-refractivity contribution in [1.29, 1.82) is 0 Å². The van der Waals surface area contributed by atoms with Crippen LogP contribution in [0.4, 0.5) is 0 Å². The molecule has 13 heavy (non-hydrogen) atoms. The first-order valence-corrected chi connectivity index (χ1v) is 5.21. The largest absolute Gasteiger partial charge is 0.122 e. The second-order valence-corrected chi connectivity index (χ2v) is 3.33. The van der Waals surface area contributed by atoms with Crippen LogP contribution in [-0.2, 0) is 5.88 Å². The van der Waals surface area contributed by atoms with E-state index in [1.54, 1.807) is 0 Å². The maximum Gasteiger partial charge on any atom is 0.0474 e. The van der Waals surface area contributed by atoms with Crippen LogP contribution in [0, 0.1) is 0 Å². The molecule has 1 rings (SSSR count). The average molecular weight is 195 g/mol. The molecule has 0 bridgehead atoms. The molecule has 0 aliphatic rings. The topological polar surface area (TPSA) is 0 Å². The van der Waals surface area contributed by atoms with Crippen LogP contribution in [0.25, 0.3) is 6.08 Å². The molecule has 0 unspecified atom stereocenters.